The molecule has 0 saturated heterocycles. The first-order valence-electron chi connectivity index (χ1n) is 5.99. The Bertz CT molecular complexity index is 523. The smallest absolute Gasteiger partial charge is 0.329 e. The van der Waals surface area contributed by atoms with Crippen LogP contribution in [0.25, 0.3) is 0 Å². The maximum Gasteiger partial charge on any atom is 0.329 e. The van der Waals surface area contributed by atoms with Crippen molar-refractivity contribution in [3.8, 4) is 5.75 Å². The van der Waals surface area contributed by atoms with Crippen LogP contribution < -0.4 is 5.32 Å². The summed E-state index contributed by atoms with van der Waals surface area (Å²) in [5.41, 5.74) is -1.57. The molecule has 0 atom stereocenters. The average Bonchev–Trinajstić information content (AvgIpc) is 2.82. The number of aromatic hydroxyl groups is 1. The summed E-state index contributed by atoms with van der Waals surface area (Å²) in [6.45, 7) is 0. The molecule has 0 aliphatic heterocycles. The zero-order valence-corrected chi connectivity index (χ0v) is 10.1. The van der Waals surface area contributed by atoms with Crippen molar-refractivity contribution in [1.82, 2.24) is 5.32 Å². The number of phenolic OH excluding ortho intramolecular Hbond substituents is 1. The monoisotopic (exact) mass is 267 g/mol. The molecule has 0 aromatic heterocycles. The minimum Gasteiger partial charge on any atom is -0.507 e. The topological polar surface area (TPSA) is 86.6 Å². The molecule has 1 amide bonds. The van der Waals surface area contributed by atoms with Crippen LogP contribution in [0.5, 0.6) is 5.75 Å². The summed E-state index contributed by atoms with van der Waals surface area (Å²) in [4.78, 5) is 23.3. The second-order valence-corrected chi connectivity index (χ2v) is 4.71. The van der Waals surface area contributed by atoms with E-state index in [1.54, 1.807) is 0 Å². The fourth-order valence-electron chi connectivity index (χ4n) is 2.35. The van der Waals surface area contributed by atoms with E-state index in [9.17, 15) is 24.2 Å². The summed E-state index contributed by atoms with van der Waals surface area (Å²) in [6.07, 6.45) is 2.09. The van der Waals surface area contributed by atoms with Crippen LogP contribution in [0.15, 0.2) is 18.2 Å². The van der Waals surface area contributed by atoms with Gasteiger partial charge in [-0.25, -0.2) is 9.18 Å². The largest absolute Gasteiger partial charge is 0.507 e. The fourth-order valence-corrected chi connectivity index (χ4v) is 2.35. The molecule has 19 heavy (non-hydrogen) atoms. The lowest BCUT2D eigenvalue weighted by Gasteiger charge is -2.25. The Morgan fingerprint density at radius 3 is 2.47 bits per heavy atom. The van der Waals surface area contributed by atoms with E-state index in [0.29, 0.717) is 25.7 Å². The van der Waals surface area contributed by atoms with E-state index in [4.69, 9.17) is 0 Å². The van der Waals surface area contributed by atoms with Crippen LogP contribution in [-0.2, 0) is 4.79 Å². The summed E-state index contributed by atoms with van der Waals surface area (Å²) in [5.74, 6) is -2.92. The lowest BCUT2D eigenvalue weighted by atomic mass is 9.97. The molecule has 1 aromatic rings. The fraction of sp³-hybridized carbons (Fsp3) is 0.385. The first-order valence-corrected chi connectivity index (χ1v) is 5.99. The molecular formula is C13H14FNO4. The number of carboxylic acid groups (broad SMARTS) is 1. The van der Waals surface area contributed by atoms with Gasteiger partial charge in [0.25, 0.3) is 5.91 Å². The lowest BCUT2D eigenvalue weighted by Crippen LogP contribution is -2.52. The minimum absolute atomic E-state index is 0.257. The van der Waals surface area contributed by atoms with Gasteiger partial charge in [0.15, 0.2) is 0 Å². The van der Waals surface area contributed by atoms with Gasteiger partial charge < -0.3 is 15.5 Å². The van der Waals surface area contributed by atoms with Crippen LogP contribution in [-0.4, -0.2) is 27.6 Å². The van der Waals surface area contributed by atoms with E-state index in [0.717, 1.165) is 18.2 Å². The SMILES string of the molecule is O=C(NC1(C(=O)O)CCCC1)c1cc(F)ccc1O. The zero-order valence-electron chi connectivity index (χ0n) is 10.1. The quantitative estimate of drug-likeness (QED) is 0.777. The Hall–Kier alpha value is -2.11. The van der Waals surface area contributed by atoms with E-state index in [2.05, 4.69) is 5.32 Å². The molecule has 3 N–H and O–H groups in total. The van der Waals surface area contributed by atoms with E-state index in [1.165, 1.54) is 0 Å². The zero-order chi connectivity index (χ0) is 14.0. The van der Waals surface area contributed by atoms with Gasteiger partial charge in [-0.15, -0.1) is 0 Å². The number of hydrogen-bond acceptors (Lipinski definition) is 3. The third-order valence-electron chi connectivity index (χ3n) is 3.42. The number of aliphatic carboxylic acids is 1. The molecule has 1 saturated carbocycles. The molecule has 0 radical (unpaired) electrons. The molecule has 6 heteroatoms. The maximum absolute atomic E-state index is 13.1. The molecule has 0 spiro atoms. The predicted molar refractivity (Wildman–Crippen MR) is 64.4 cm³/mol. The Balaban J connectivity index is 2.25. The molecule has 5 nitrogen and oxygen atoms in total. The number of hydrogen-bond donors (Lipinski definition) is 3. The van der Waals surface area contributed by atoms with Gasteiger partial charge in [0.2, 0.25) is 0 Å². The van der Waals surface area contributed by atoms with Gasteiger partial charge in [-0.2, -0.15) is 0 Å². The Labute approximate surface area is 109 Å². The van der Waals surface area contributed by atoms with Crippen molar-refractivity contribution in [2.24, 2.45) is 0 Å². The number of benzene rings is 1. The third-order valence-corrected chi connectivity index (χ3v) is 3.42. The van der Waals surface area contributed by atoms with Gasteiger partial charge in [-0.1, -0.05) is 12.8 Å². The lowest BCUT2D eigenvalue weighted by molar-refractivity contribution is -0.144. The number of halogens is 1. The minimum atomic E-state index is -1.31. The summed E-state index contributed by atoms with van der Waals surface area (Å²) in [5, 5.41) is 21.2. The van der Waals surface area contributed by atoms with Gasteiger partial charge in [-0.3, -0.25) is 4.79 Å². The molecule has 0 bridgehead atoms. The van der Waals surface area contributed by atoms with Crippen molar-refractivity contribution >= 4 is 11.9 Å². The first kappa shape index (κ1) is 13.3. The summed E-state index contributed by atoms with van der Waals surface area (Å²) < 4.78 is 13.1. The van der Waals surface area contributed by atoms with Crippen LogP contribution >= 0.6 is 0 Å². The van der Waals surface area contributed by atoms with Gasteiger partial charge in [0.1, 0.15) is 17.1 Å². The Kier molecular flexibility index (Phi) is 3.42. The number of amides is 1. The molecule has 0 heterocycles. The number of nitrogens with one attached hydrogen (secondary N) is 1. The molecule has 1 fully saturated rings. The first-order chi connectivity index (χ1) is 8.94. The van der Waals surface area contributed by atoms with Crippen LogP contribution in [0.3, 0.4) is 0 Å². The highest BCUT2D eigenvalue weighted by Crippen LogP contribution is 2.31. The van der Waals surface area contributed by atoms with Crippen molar-refractivity contribution in [3.63, 3.8) is 0 Å². The van der Waals surface area contributed by atoms with Gasteiger partial charge in [0.05, 0.1) is 5.56 Å². The predicted octanol–water partition coefficient (Wildman–Crippen LogP) is 1.66. The average molecular weight is 267 g/mol. The summed E-state index contributed by atoms with van der Waals surface area (Å²) in [6, 6.07) is 2.97. The van der Waals surface area contributed by atoms with Crippen molar-refractivity contribution in [2.45, 2.75) is 31.2 Å². The molecule has 1 aliphatic carbocycles. The summed E-state index contributed by atoms with van der Waals surface area (Å²) >= 11 is 0. The van der Waals surface area contributed by atoms with E-state index in [1.807, 2.05) is 0 Å². The van der Waals surface area contributed by atoms with E-state index >= 15 is 0 Å². The number of rotatable bonds is 3. The number of carbonyl (C=O) groups is 2. The molecule has 0 unspecified atom stereocenters. The third kappa shape index (κ3) is 2.52. The van der Waals surface area contributed by atoms with E-state index in [-0.39, 0.29) is 11.3 Å². The van der Waals surface area contributed by atoms with Crippen molar-refractivity contribution in [3.05, 3.63) is 29.6 Å². The summed E-state index contributed by atoms with van der Waals surface area (Å²) in [7, 11) is 0. The highest BCUT2D eigenvalue weighted by Gasteiger charge is 2.43. The normalized spacial score (nSPS) is 17.1. The second-order valence-electron chi connectivity index (χ2n) is 4.71. The van der Waals surface area contributed by atoms with Crippen molar-refractivity contribution in [1.29, 1.82) is 0 Å². The Morgan fingerprint density at radius 2 is 1.89 bits per heavy atom. The second kappa shape index (κ2) is 4.87. The maximum atomic E-state index is 13.1. The van der Waals surface area contributed by atoms with E-state index < -0.39 is 23.2 Å². The molecular weight excluding hydrogens is 253 g/mol. The number of carbonyl (C=O) groups excluding carboxylic acids is 1. The van der Waals surface area contributed by atoms with Crippen molar-refractivity contribution < 1.29 is 24.2 Å². The molecule has 102 valence electrons. The highest BCUT2D eigenvalue weighted by atomic mass is 19.1. The Morgan fingerprint density at radius 1 is 1.26 bits per heavy atom. The van der Waals surface area contributed by atoms with Gasteiger partial charge in [0, 0.05) is 0 Å². The molecule has 2 rings (SSSR count). The van der Waals surface area contributed by atoms with Crippen LogP contribution in [0.2, 0.25) is 0 Å². The number of phenols is 1. The molecule has 1 aromatic carbocycles. The van der Waals surface area contributed by atoms with Crippen molar-refractivity contribution in [2.75, 3.05) is 0 Å². The van der Waals surface area contributed by atoms with Crippen LogP contribution in [0.1, 0.15) is 36.0 Å². The van der Waals surface area contributed by atoms with Gasteiger partial charge >= 0.3 is 5.97 Å². The van der Waals surface area contributed by atoms with Gasteiger partial charge in [-0.05, 0) is 31.0 Å². The standard InChI is InChI=1S/C13H14FNO4/c14-8-3-4-10(16)9(7-8)11(17)15-13(12(18)19)5-1-2-6-13/h3-4,7,16H,1-2,5-6H2,(H,15,17)(H,18,19). The van der Waals surface area contributed by atoms with Crippen LogP contribution in [0.4, 0.5) is 4.39 Å². The highest BCUT2D eigenvalue weighted by molar-refractivity contribution is 6.00. The molecule has 1 aliphatic rings. The van der Waals surface area contributed by atoms with Crippen LogP contribution in [0, 0.1) is 5.82 Å². The number of carboxylic acids is 1.